The molecule has 9 heteroatoms. The van der Waals surface area contributed by atoms with Crippen LogP contribution in [0, 0.1) is 11.6 Å². The van der Waals surface area contributed by atoms with E-state index in [0.717, 1.165) is 11.1 Å². The highest BCUT2D eigenvalue weighted by atomic mass is 35.5. The molecular weight excluding hydrogens is 534 g/mol. The third kappa shape index (κ3) is 6.76. The highest BCUT2D eigenvalue weighted by Gasteiger charge is 2.20. The number of nitrogens with one attached hydrogen (secondary N) is 2. The van der Waals surface area contributed by atoms with E-state index in [-0.39, 0.29) is 10.9 Å². The molecule has 0 spiro atoms. The first-order valence-corrected chi connectivity index (χ1v) is 13.3. The maximum Gasteiger partial charge on any atom is 0.245 e. The molecular formula is C31H31ClF2N4O2. The number of amides is 1. The summed E-state index contributed by atoms with van der Waals surface area (Å²) in [5, 5.41) is 10.6. The van der Waals surface area contributed by atoms with Gasteiger partial charge < -0.3 is 15.0 Å². The van der Waals surface area contributed by atoms with Crippen LogP contribution in [-0.4, -0.2) is 54.8 Å². The minimum atomic E-state index is -0.439. The fraction of sp³-hybridized carbons (Fsp3) is 0.226. The summed E-state index contributed by atoms with van der Waals surface area (Å²) >= 11 is 6.46. The molecule has 6 nitrogen and oxygen atoms in total. The van der Waals surface area contributed by atoms with Crippen molar-refractivity contribution >= 4 is 39.6 Å². The van der Waals surface area contributed by atoms with Crippen LogP contribution in [0.25, 0.3) is 22.0 Å². The molecule has 4 aromatic rings. The minimum absolute atomic E-state index is 0.0657. The average molecular weight is 565 g/mol. The van der Waals surface area contributed by atoms with Crippen molar-refractivity contribution in [2.45, 2.75) is 13.3 Å². The van der Waals surface area contributed by atoms with Gasteiger partial charge in [-0.05, 0) is 65.1 Å². The molecule has 2 N–H and O–H groups in total. The van der Waals surface area contributed by atoms with E-state index in [1.807, 2.05) is 31.2 Å². The highest BCUT2D eigenvalue weighted by molar-refractivity contribution is 6.32. The fourth-order valence-electron chi connectivity index (χ4n) is 4.36. The highest BCUT2D eigenvalue weighted by Crippen LogP contribution is 2.39. The van der Waals surface area contributed by atoms with E-state index in [1.165, 1.54) is 29.3 Å². The Kier molecular flexibility index (Phi) is 9.69. The number of rotatable bonds is 11. The SMILES string of the molecule is CC/C(=C(/c1ccc(OCCNC/C=C/C(=O)N(C)C)cc1)c1ccc2[nH]ncc2c1F)c1ccc(F)cc1Cl. The van der Waals surface area contributed by atoms with E-state index in [9.17, 15) is 9.18 Å². The Morgan fingerprint density at radius 1 is 1.10 bits per heavy atom. The lowest BCUT2D eigenvalue weighted by Crippen LogP contribution is -2.22. The van der Waals surface area contributed by atoms with Crippen LogP contribution in [0.5, 0.6) is 5.75 Å². The molecule has 0 aliphatic rings. The molecule has 1 heterocycles. The van der Waals surface area contributed by atoms with Crippen LogP contribution in [0.15, 0.2) is 72.9 Å². The lowest BCUT2D eigenvalue weighted by atomic mass is 9.87. The van der Waals surface area contributed by atoms with Crippen LogP contribution < -0.4 is 10.1 Å². The number of benzene rings is 3. The van der Waals surface area contributed by atoms with Crippen LogP contribution in [0.4, 0.5) is 8.78 Å². The van der Waals surface area contributed by atoms with Gasteiger partial charge in [0.1, 0.15) is 24.0 Å². The molecule has 0 saturated heterocycles. The van der Waals surface area contributed by atoms with E-state index in [0.29, 0.717) is 59.5 Å². The van der Waals surface area contributed by atoms with Crippen molar-refractivity contribution in [3.63, 3.8) is 0 Å². The summed E-state index contributed by atoms with van der Waals surface area (Å²) in [5.41, 5.74) is 3.83. The molecule has 3 aromatic carbocycles. The summed E-state index contributed by atoms with van der Waals surface area (Å²) in [6.07, 6.45) is 5.28. The topological polar surface area (TPSA) is 70.2 Å². The van der Waals surface area contributed by atoms with E-state index in [1.54, 1.807) is 38.4 Å². The van der Waals surface area contributed by atoms with E-state index in [2.05, 4.69) is 15.5 Å². The van der Waals surface area contributed by atoms with Crippen molar-refractivity contribution in [3.8, 4) is 5.75 Å². The molecule has 40 heavy (non-hydrogen) atoms. The van der Waals surface area contributed by atoms with Gasteiger partial charge in [-0.15, -0.1) is 0 Å². The standard InChI is InChI=1S/C31H31ClF2N4O2/c1-4-23(24-12-9-21(33)18-27(24)32)30(25-13-14-28-26(31(25)34)19-36-37-28)20-7-10-22(11-8-20)40-17-16-35-15-5-6-29(39)38(2)3/h5-14,18-19,35H,4,15-17H2,1-3H3,(H,36,37)/b6-5+,30-23+. The maximum atomic E-state index is 15.8. The summed E-state index contributed by atoms with van der Waals surface area (Å²) in [7, 11) is 3.40. The maximum absolute atomic E-state index is 15.8. The Morgan fingerprint density at radius 3 is 2.55 bits per heavy atom. The van der Waals surface area contributed by atoms with Gasteiger partial charge in [-0.25, -0.2) is 8.78 Å². The van der Waals surface area contributed by atoms with Gasteiger partial charge in [0, 0.05) is 38.8 Å². The fourth-order valence-corrected chi connectivity index (χ4v) is 4.64. The average Bonchev–Trinajstić information content (AvgIpc) is 3.43. The zero-order valence-electron chi connectivity index (χ0n) is 22.6. The number of hydrogen-bond acceptors (Lipinski definition) is 4. The molecule has 0 unspecified atom stereocenters. The second-order valence-corrected chi connectivity index (χ2v) is 9.71. The number of carbonyl (C=O) groups excluding carboxylic acids is 1. The number of allylic oxidation sites excluding steroid dienone is 1. The number of ether oxygens (including phenoxy) is 1. The van der Waals surface area contributed by atoms with Crippen molar-refractivity contribution in [1.29, 1.82) is 0 Å². The predicted octanol–water partition coefficient (Wildman–Crippen LogP) is 6.48. The molecule has 0 radical (unpaired) electrons. The van der Waals surface area contributed by atoms with Crippen LogP contribution in [-0.2, 0) is 4.79 Å². The van der Waals surface area contributed by atoms with E-state index < -0.39 is 11.6 Å². The number of likely N-dealkylation sites (N-methyl/N-ethyl adjacent to an activating group) is 1. The molecule has 0 aliphatic heterocycles. The molecule has 208 valence electrons. The number of H-pyrrole nitrogens is 1. The van der Waals surface area contributed by atoms with Gasteiger partial charge in [-0.1, -0.05) is 42.8 Å². The number of nitrogens with zero attached hydrogens (tertiary/aromatic N) is 2. The number of aromatic nitrogens is 2. The smallest absolute Gasteiger partial charge is 0.245 e. The quantitative estimate of drug-likeness (QED) is 0.124. The van der Waals surface area contributed by atoms with Gasteiger partial charge in [0.15, 0.2) is 0 Å². The number of halogens is 3. The Labute approximate surface area is 237 Å². The first-order chi connectivity index (χ1) is 19.3. The van der Waals surface area contributed by atoms with Crippen molar-refractivity contribution in [2.75, 3.05) is 33.8 Å². The second kappa shape index (κ2) is 13.4. The summed E-state index contributed by atoms with van der Waals surface area (Å²) < 4.78 is 35.5. The van der Waals surface area contributed by atoms with Crippen LogP contribution in [0.1, 0.15) is 30.0 Å². The van der Waals surface area contributed by atoms with E-state index in [4.69, 9.17) is 16.3 Å². The lowest BCUT2D eigenvalue weighted by Gasteiger charge is -2.18. The lowest BCUT2D eigenvalue weighted by molar-refractivity contribution is -0.123. The molecule has 1 aromatic heterocycles. The van der Waals surface area contributed by atoms with Gasteiger partial charge in [0.2, 0.25) is 5.91 Å². The number of aromatic amines is 1. The molecule has 0 aliphatic carbocycles. The second-order valence-electron chi connectivity index (χ2n) is 9.30. The van der Waals surface area contributed by atoms with Crippen molar-refractivity contribution < 1.29 is 18.3 Å². The Morgan fingerprint density at radius 2 is 1.85 bits per heavy atom. The number of carbonyl (C=O) groups is 1. The minimum Gasteiger partial charge on any atom is -0.492 e. The number of hydrogen-bond donors (Lipinski definition) is 2. The van der Waals surface area contributed by atoms with Crippen LogP contribution >= 0.6 is 11.6 Å². The molecule has 1 amide bonds. The van der Waals surface area contributed by atoms with Gasteiger partial charge in [0.05, 0.1) is 22.1 Å². The summed E-state index contributed by atoms with van der Waals surface area (Å²) in [6, 6.07) is 15.2. The Bertz CT molecular complexity index is 1540. The monoisotopic (exact) mass is 564 g/mol. The predicted molar refractivity (Wildman–Crippen MR) is 156 cm³/mol. The zero-order chi connectivity index (χ0) is 28.6. The van der Waals surface area contributed by atoms with Crippen molar-refractivity contribution in [1.82, 2.24) is 20.4 Å². The molecule has 0 bridgehead atoms. The molecule has 0 atom stereocenters. The van der Waals surface area contributed by atoms with Gasteiger partial charge >= 0.3 is 0 Å². The van der Waals surface area contributed by atoms with Crippen molar-refractivity contribution in [2.24, 2.45) is 0 Å². The van der Waals surface area contributed by atoms with Gasteiger partial charge in [0.25, 0.3) is 0 Å². The molecule has 4 rings (SSSR count). The molecule has 0 fully saturated rings. The first-order valence-electron chi connectivity index (χ1n) is 12.9. The number of fused-ring (bicyclic) bond motifs is 1. The van der Waals surface area contributed by atoms with Crippen molar-refractivity contribution in [3.05, 3.63) is 106 Å². The molecule has 0 saturated carbocycles. The Hall–Kier alpha value is -4.01. The first kappa shape index (κ1) is 29.0. The third-order valence-corrected chi connectivity index (χ3v) is 6.71. The normalized spacial score (nSPS) is 12.2. The van der Waals surface area contributed by atoms with Crippen LogP contribution in [0.2, 0.25) is 5.02 Å². The summed E-state index contributed by atoms with van der Waals surface area (Å²) in [4.78, 5) is 13.1. The third-order valence-electron chi connectivity index (χ3n) is 6.39. The zero-order valence-corrected chi connectivity index (χ0v) is 23.4. The summed E-state index contributed by atoms with van der Waals surface area (Å²) in [6.45, 7) is 3.52. The largest absolute Gasteiger partial charge is 0.492 e. The van der Waals surface area contributed by atoms with Gasteiger partial charge in [-0.3, -0.25) is 9.89 Å². The van der Waals surface area contributed by atoms with Crippen LogP contribution in [0.3, 0.4) is 0 Å². The summed E-state index contributed by atoms with van der Waals surface area (Å²) in [5.74, 6) is -0.250. The Balaban J connectivity index is 1.59. The van der Waals surface area contributed by atoms with E-state index >= 15 is 4.39 Å². The van der Waals surface area contributed by atoms with Gasteiger partial charge in [-0.2, -0.15) is 5.10 Å².